The Labute approximate surface area is 91.2 Å². The van der Waals surface area contributed by atoms with Crippen LogP contribution in [0, 0.1) is 23.2 Å². The predicted molar refractivity (Wildman–Crippen MR) is 56.0 cm³/mol. The molecule has 0 saturated carbocycles. The van der Waals surface area contributed by atoms with Gasteiger partial charge in [0.05, 0.1) is 18.6 Å². The molecular formula is C11H19NO3. The van der Waals surface area contributed by atoms with E-state index in [9.17, 15) is 4.79 Å². The van der Waals surface area contributed by atoms with Crippen molar-refractivity contribution >= 4 is 5.97 Å². The van der Waals surface area contributed by atoms with Gasteiger partial charge in [-0.2, -0.15) is 5.26 Å². The Bertz CT molecular complexity index is 222. The van der Waals surface area contributed by atoms with Crippen LogP contribution in [0.1, 0.15) is 26.7 Å². The van der Waals surface area contributed by atoms with E-state index in [2.05, 4.69) is 6.07 Å². The third-order valence-corrected chi connectivity index (χ3v) is 2.25. The molecule has 0 aliphatic heterocycles. The van der Waals surface area contributed by atoms with E-state index in [0.29, 0.717) is 13.0 Å². The van der Waals surface area contributed by atoms with Gasteiger partial charge in [-0.05, 0) is 12.8 Å². The van der Waals surface area contributed by atoms with Crippen molar-refractivity contribution in [2.75, 3.05) is 20.3 Å². The molecule has 0 aromatic carbocycles. The Balaban J connectivity index is 3.83. The second kappa shape index (κ2) is 8.25. The number of hydrogen-bond donors (Lipinski definition) is 0. The van der Waals surface area contributed by atoms with Crippen LogP contribution in [0.2, 0.25) is 0 Å². The molecular weight excluding hydrogens is 194 g/mol. The Morgan fingerprint density at radius 1 is 1.47 bits per heavy atom. The van der Waals surface area contributed by atoms with Crippen LogP contribution in [-0.2, 0) is 14.3 Å². The van der Waals surface area contributed by atoms with Crippen LogP contribution in [0.4, 0.5) is 0 Å². The lowest BCUT2D eigenvalue weighted by molar-refractivity contribution is -0.149. The van der Waals surface area contributed by atoms with Crippen molar-refractivity contribution in [3.63, 3.8) is 0 Å². The molecule has 0 saturated heterocycles. The monoisotopic (exact) mass is 213 g/mol. The molecule has 0 aromatic heterocycles. The van der Waals surface area contributed by atoms with Crippen LogP contribution < -0.4 is 0 Å². The van der Waals surface area contributed by atoms with Crippen molar-refractivity contribution in [2.45, 2.75) is 26.7 Å². The Hall–Kier alpha value is -1.08. The Morgan fingerprint density at radius 2 is 2.13 bits per heavy atom. The molecule has 86 valence electrons. The first-order valence-electron chi connectivity index (χ1n) is 5.20. The van der Waals surface area contributed by atoms with Crippen LogP contribution in [-0.4, -0.2) is 26.3 Å². The maximum absolute atomic E-state index is 11.4. The standard InChI is InChI=1S/C11H19NO3/c1-4-10(8-12)7-9(2)11(13)15-6-5-14-3/h9-10H,4-7H2,1-3H3. The van der Waals surface area contributed by atoms with Gasteiger partial charge in [-0.25, -0.2) is 0 Å². The summed E-state index contributed by atoms with van der Waals surface area (Å²) in [5.41, 5.74) is 0. The van der Waals surface area contributed by atoms with Crippen molar-refractivity contribution < 1.29 is 14.3 Å². The summed E-state index contributed by atoms with van der Waals surface area (Å²) in [6.45, 7) is 4.42. The molecule has 0 aromatic rings. The summed E-state index contributed by atoms with van der Waals surface area (Å²) in [5, 5.41) is 8.75. The zero-order valence-electron chi connectivity index (χ0n) is 9.66. The van der Waals surface area contributed by atoms with Crippen molar-refractivity contribution in [2.24, 2.45) is 11.8 Å². The van der Waals surface area contributed by atoms with Gasteiger partial charge in [0, 0.05) is 13.0 Å². The third kappa shape index (κ3) is 6.08. The fourth-order valence-corrected chi connectivity index (χ4v) is 1.20. The van der Waals surface area contributed by atoms with E-state index in [0.717, 1.165) is 6.42 Å². The largest absolute Gasteiger partial charge is 0.463 e. The van der Waals surface area contributed by atoms with Crippen molar-refractivity contribution in [3.05, 3.63) is 0 Å². The minimum Gasteiger partial charge on any atom is -0.463 e. The summed E-state index contributed by atoms with van der Waals surface area (Å²) in [7, 11) is 1.56. The highest BCUT2D eigenvalue weighted by Crippen LogP contribution is 2.15. The molecule has 4 nitrogen and oxygen atoms in total. The van der Waals surface area contributed by atoms with E-state index in [-0.39, 0.29) is 24.4 Å². The minimum atomic E-state index is -0.249. The number of nitrogens with zero attached hydrogens (tertiary/aromatic N) is 1. The lowest BCUT2D eigenvalue weighted by atomic mass is 9.95. The first-order valence-corrected chi connectivity index (χ1v) is 5.20. The summed E-state index contributed by atoms with van der Waals surface area (Å²) in [6.07, 6.45) is 1.34. The van der Waals surface area contributed by atoms with Gasteiger partial charge >= 0.3 is 5.97 Å². The molecule has 0 heterocycles. The molecule has 4 heteroatoms. The molecule has 0 fully saturated rings. The van der Waals surface area contributed by atoms with Crippen LogP contribution in [0.15, 0.2) is 0 Å². The van der Waals surface area contributed by atoms with Crippen LogP contribution in [0.5, 0.6) is 0 Å². The van der Waals surface area contributed by atoms with E-state index in [4.69, 9.17) is 14.7 Å². The lowest BCUT2D eigenvalue weighted by Crippen LogP contribution is -2.19. The Morgan fingerprint density at radius 3 is 2.60 bits per heavy atom. The predicted octanol–water partition coefficient (Wildman–Crippen LogP) is 1.75. The highest BCUT2D eigenvalue weighted by molar-refractivity contribution is 5.72. The number of rotatable bonds is 7. The zero-order chi connectivity index (χ0) is 11.7. The fraction of sp³-hybridized carbons (Fsp3) is 0.818. The van der Waals surface area contributed by atoms with Crippen LogP contribution >= 0.6 is 0 Å². The first kappa shape index (κ1) is 13.9. The average molecular weight is 213 g/mol. The fourth-order valence-electron chi connectivity index (χ4n) is 1.20. The zero-order valence-corrected chi connectivity index (χ0v) is 9.66. The highest BCUT2D eigenvalue weighted by atomic mass is 16.6. The number of esters is 1. The molecule has 2 atom stereocenters. The van der Waals surface area contributed by atoms with Crippen molar-refractivity contribution in [1.82, 2.24) is 0 Å². The quantitative estimate of drug-likeness (QED) is 0.477. The van der Waals surface area contributed by atoms with Crippen LogP contribution in [0.3, 0.4) is 0 Å². The summed E-state index contributed by atoms with van der Waals surface area (Å²) in [4.78, 5) is 11.4. The SMILES string of the molecule is CCC(C#N)CC(C)C(=O)OCCOC. The molecule has 0 radical (unpaired) electrons. The Kier molecular flexibility index (Phi) is 7.65. The van der Waals surface area contributed by atoms with Crippen molar-refractivity contribution in [1.29, 1.82) is 5.26 Å². The molecule has 15 heavy (non-hydrogen) atoms. The topological polar surface area (TPSA) is 59.3 Å². The van der Waals surface area contributed by atoms with Gasteiger partial charge < -0.3 is 9.47 Å². The number of carbonyl (C=O) groups is 1. The third-order valence-electron chi connectivity index (χ3n) is 2.25. The number of hydrogen-bond acceptors (Lipinski definition) is 4. The van der Waals surface area contributed by atoms with Gasteiger partial charge in [0.15, 0.2) is 0 Å². The first-order chi connectivity index (χ1) is 7.15. The van der Waals surface area contributed by atoms with E-state index < -0.39 is 0 Å². The molecule has 0 bridgehead atoms. The van der Waals surface area contributed by atoms with Gasteiger partial charge in [0.25, 0.3) is 0 Å². The van der Waals surface area contributed by atoms with Crippen LogP contribution in [0.25, 0.3) is 0 Å². The summed E-state index contributed by atoms with van der Waals surface area (Å²) >= 11 is 0. The lowest BCUT2D eigenvalue weighted by Gasteiger charge is -2.13. The van der Waals surface area contributed by atoms with E-state index in [1.54, 1.807) is 14.0 Å². The number of carbonyl (C=O) groups excluding carboxylic acids is 1. The number of methoxy groups -OCH3 is 1. The number of ether oxygens (including phenoxy) is 2. The maximum Gasteiger partial charge on any atom is 0.308 e. The van der Waals surface area contributed by atoms with Gasteiger partial charge in [-0.1, -0.05) is 13.8 Å². The molecule has 0 spiro atoms. The molecule has 2 unspecified atom stereocenters. The van der Waals surface area contributed by atoms with Gasteiger partial charge in [0.1, 0.15) is 6.61 Å². The van der Waals surface area contributed by atoms with E-state index in [1.807, 2.05) is 6.92 Å². The van der Waals surface area contributed by atoms with E-state index >= 15 is 0 Å². The molecule has 0 rings (SSSR count). The second-order valence-corrected chi connectivity index (χ2v) is 3.53. The maximum atomic E-state index is 11.4. The summed E-state index contributed by atoms with van der Waals surface area (Å²) in [5.74, 6) is -0.526. The number of nitriles is 1. The van der Waals surface area contributed by atoms with Gasteiger partial charge in [0.2, 0.25) is 0 Å². The highest BCUT2D eigenvalue weighted by Gasteiger charge is 2.18. The molecule has 0 aliphatic carbocycles. The molecule has 0 amide bonds. The second-order valence-electron chi connectivity index (χ2n) is 3.53. The van der Waals surface area contributed by atoms with Crippen molar-refractivity contribution in [3.8, 4) is 6.07 Å². The minimum absolute atomic E-state index is 0.0602. The summed E-state index contributed by atoms with van der Waals surface area (Å²) < 4.78 is 9.73. The van der Waals surface area contributed by atoms with E-state index in [1.165, 1.54) is 0 Å². The summed E-state index contributed by atoms with van der Waals surface area (Å²) in [6, 6.07) is 2.17. The average Bonchev–Trinajstić information content (AvgIpc) is 2.25. The molecule has 0 N–H and O–H groups in total. The van der Waals surface area contributed by atoms with Gasteiger partial charge in [-0.15, -0.1) is 0 Å². The van der Waals surface area contributed by atoms with Gasteiger partial charge in [-0.3, -0.25) is 4.79 Å². The smallest absolute Gasteiger partial charge is 0.308 e. The molecule has 0 aliphatic rings. The normalized spacial score (nSPS) is 14.0.